The Labute approximate surface area is 190 Å². The van der Waals surface area contributed by atoms with Crippen LogP contribution in [0.5, 0.6) is 0 Å². The summed E-state index contributed by atoms with van der Waals surface area (Å²) in [4.78, 5) is 24.2. The van der Waals surface area contributed by atoms with Gasteiger partial charge in [0.05, 0.1) is 23.6 Å². The number of aromatic nitrogens is 2. The minimum Gasteiger partial charge on any atom is -0.465 e. The van der Waals surface area contributed by atoms with Gasteiger partial charge in [-0.1, -0.05) is 51.2 Å². The zero-order chi connectivity index (χ0) is 23.3. The molecule has 0 saturated heterocycles. The molecule has 0 unspecified atom stereocenters. The van der Waals surface area contributed by atoms with Crippen LogP contribution in [0.3, 0.4) is 0 Å². The van der Waals surface area contributed by atoms with Gasteiger partial charge in [0.2, 0.25) is 5.91 Å². The number of nitrogens with zero attached hydrogens (tertiary/aromatic N) is 2. The van der Waals surface area contributed by atoms with Crippen LogP contribution in [0.2, 0.25) is 25.7 Å². The molecule has 174 valence electrons. The first-order valence-corrected chi connectivity index (χ1v) is 14.9. The Hall–Kier alpha value is -2.65. The van der Waals surface area contributed by atoms with E-state index in [9.17, 15) is 14.7 Å². The molecule has 0 saturated carbocycles. The summed E-state index contributed by atoms with van der Waals surface area (Å²) in [6, 6.07) is 8.48. The van der Waals surface area contributed by atoms with Crippen LogP contribution < -0.4 is 10.6 Å². The average Bonchev–Trinajstić information content (AvgIpc) is 3.11. The lowest BCUT2D eigenvalue weighted by Gasteiger charge is -2.21. The molecule has 3 N–H and O–H groups in total. The van der Waals surface area contributed by atoms with Gasteiger partial charge < -0.3 is 20.5 Å². The van der Waals surface area contributed by atoms with Crippen molar-refractivity contribution >= 4 is 25.8 Å². The summed E-state index contributed by atoms with van der Waals surface area (Å²) in [5.41, 5.74) is 3.14. The summed E-state index contributed by atoms with van der Waals surface area (Å²) < 4.78 is 7.68. The maximum atomic E-state index is 12.8. The van der Waals surface area contributed by atoms with Crippen molar-refractivity contribution in [2.75, 3.05) is 11.9 Å². The fourth-order valence-corrected chi connectivity index (χ4v) is 4.55. The second-order valence-electron chi connectivity index (χ2n) is 9.70. The molecule has 2 heterocycles. The topological polar surface area (TPSA) is 105 Å². The number of hydrogen-bond acceptors (Lipinski definition) is 4. The summed E-state index contributed by atoms with van der Waals surface area (Å²) in [6.45, 7) is 9.76. The van der Waals surface area contributed by atoms with Gasteiger partial charge in [-0.25, -0.2) is 9.48 Å². The number of amides is 2. The van der Waals surface area contributed by atoms with Gasteiger partial charge >= 0.3 is 6.09 Å². The number of hydrogen-bond donors (Lipinski definition) is 3. The first-order chi connectivity index (χ1) is 15.1. The standard InChI is InChI=1S/C23H34N4O4Si/c1-16-7-5-10-19(26-23(29)30)17-8-6-9-18(13-17)21-20(25-22(16)28)14-24-27(21)15-31-11-12-32(2,3)4/h6,8-9,13-14,16,19,26H,5,7,10-12,15H2,1-4H3,(H,25,28)(H,29,30)/t16-,19+/m1/s1. The highest BCUT2D eigenvalue weighted by Gasteiger charge is 2.23. The zero-order valence-corrected chi connectivity index (χ0v) is 20.4. The van der Waals surface area contributed by atoms with E-state index in [1.54, 1.807) is 10.9 Å². The van der Waals surface area contributed by atoms with Gasteiger partial charge in [-0.15, -0.1) is 0 Å². The molecule has 1 aromatic carbocycles. The number of rotatable bonds is 6. The Morgan fingerprint density at radius 2 is 2.12 bits per heavy atom. The van der Waals surface area contributed by atoms with Crippen LogP contribution >= 0.6 is 0 Å². The average molecular weight is 459 g/mol. The molecule has 2 aromatic rings. The largest absolute Gasteiger partial charge is 0.465 e. The minimum absolute atomic E-state index is 0.0649. The third kappa shape index (κ3) is 6.43. The predicted molar refractivity (Wildman–Crippen MR) is 127 cm³/mol. The van der Waals surface area contributed by atoms with Gasteiger partial charge in [0.1, 0.15) is 6.73 Å². The molecule has 1 aromatic heterocycles. The molecule has 2 atom stereocenters. The van der Waals surface area contributed by atoms with Crippen molar-refractivity contribution in [3.8, 4) is 11.3 Å². The molecule has 0 aliphatic carbocycles. The van der Waals surface area contributed by atoms with E-state index in [1.165, 1.54) is 0 Å². The van der Waals surface area contributed by atoms with Crippen LogP contribution in [0.4, 0.5) is 10.5 Å². The Kier molecular flexibility index (Phi) is 7.73. The van der Waals surface area contributed by atoms with Gasteiger partial charge in [-0.2, -0.15) is 5.10 Å². The van der Waals surface area contributed by atoms with Crippen molar-refractivity contribution in [2.24, 2.45) is 5.92 Å². The number of benzene rings is 1. The van der Waals surface area contributed by atoms with Crippen molar-refractivity contribution in [3.05, 3.63) is 36.0 Å². The van der Waals surface area contributed by atoms with E-state index in [4.69, 9.17) is 4.74 Å². The quantitative estimate of drug-likeness (QED) is 0.420. The van der Waals surface area contributed by atoms with Crippen molar-refractivity contribution in [1.82, 2.24) is 15.1 Å². The number of fused-ring (bicyclic) bond motifs is 4. The molecule has 8 nitrogen and oxygen atoms in total. The van der Waals surface area contributed by atoms with Crippen molar-refractivity contribution in [1.29, 1.82) is 0 Å². The number of nitrogens with one attached hydrogen (secondary N) is 2. The Bertz CT molecular complexity index is 954. The lowest BCUT2D eigenvalue weighted by molar-refractivity contribution is -0.119. The molecule has 1 aliphatic rings. The molecule has 32 heavy (non-hydrogen) atoms. The minimum atomic E-state index is -1.20. The van der Waals surface area contributed by atoms with Crippen LogP contribution in [0, 0.1) is 5.92 Å². The summed E-state index contributed by atoms with van der Waals surface area (Å²) in [5, 5.41) is 19.5. The van der Waals surface area contributed by atoms with E-state index in [0.717, 1.165) is 29.3 Å². The first-order valence-electron chi connectivity index (χ1n) is 11.2. The molecule has 1 aliphatic heterocycles. The maximum Gasteiger partial charge on any atom is 0.405 e. The molecule has 2 bridgehead atoms. The monoisotopic (exact) mass is 458 g/mol. The summed E-state index contributed by atoms with van der Waals surface area (Å²) >= 11 is 0. The highest BCUT2D eigenvalue weighted by molar-refractivity contribution is 6.76. The molecule has 0 spiro atoms. The van der Waals surface area contributed by atoms with Gasteiger partial charge in [-0.05, 0) is 30.5 Å². The maximum absolute atomic E-state index is 12.8. The second-order valence-corrected chi connectivity index (χ2v) is 15.3. The Morgan fingerprint density at radius 3 is 2.84 bits per heavy atom. The molecular weight excluding hydrogens is 424 g/mol. The zero-order valence-electron chi connectivity index (χ0n) is 19.4. The van der Waals surface area contributed by atoms with Crippen LogP contribution in [-0.4, -0.2) is 41.6 Å². The van der Waals surface area contributed by atoms with Crippen molar-refractivity contribution in [3.63, 3.8) is 0 Å². The summed E-state index contributed by atoms with van der Waals surface area (Å²) in [6.07, 6.45) is 2.64. The van der Waals surface area contributed by atoms with Crippen LogP contribution in [-0.2, 0) is 16.3 Å². The van der Waals surface area contributed by atoms with Crippen LogP contribution in [0.25, 0.3) is 11.3 Å². The molecule has 3 rings (SSSR count). The molecule has 2 amide bonds. The number of carbonyl (C=O) groups is 2. The molecule has 0 radical (unpaired) electrons. The normalized spacial score (nSPS) is 19.3. The van der Waals surface area contributed by atoms with Crippen LogP contribution in [0.1, 0.15) is 37.8 Å². The lowest BCUT2D eigenvalue weighted by atomic mass is 9.94. The van der Waals surface area contributed by atoms with E-state index in [1.807, 2.05) is 31.2 Å². The van der Waals surface area contributed by atoms with Gasteiger partial charge in [0.15, 0.2) is 0 Å². The van der Waals surface area contributed by atoms with Crippen molar-refractivity contribution < 1.29 is 19.4 Å². The van der Waals surface area contributed by atoms with E-state index in [-0.39, 0.29) is 24.6 Å². The molecular formula is C23H34N4O4Si. The SMILES string of the molecule is C[C@@H]1CCC[C@H](NC(=O)O)c2cccc(c2)-c2c(cnn2COCC[Si](C)(C)C)NC1=O. The smallest absolute Gasteiger partial charge is 0.405 e. The first kappa shape index (κ1) is 24.0. The van der Waals surface area contributed by atoms with E-state index < -0.39 is 14.2 Å². The van der Waals surface area contributed by atoms with E-state index in [2.05, 4.69) is 35.4 Å². The highest BCUT2D eigenvalue weighted by Crippen LogP contribution is 2.32. The second kappa shape index (κ2) is 10.3. The Morgan fingerprint density at radius 1 is 1.34 bits per heavy atom. The van der Waals surface area contributed by atoms with E-state index >= 15 is 0 Å². The van der Waals surface area contributed by atoms with E-state index in [0.29, 0.717) is 25.1 Å². The van der Waals surface area contributed by atoms with Gasteiger partial charge in [0, 0.05) is 26.2 Å². The Balaban J connectivity index is 1.96. The summed E-state index contributed by atoms with van der Waals surface area (Å²) in [5.74, 6) is -0.257. The predicted octanol–water partition coefficient (Wildman–Crippen LogP) is 4.93. The summed E-state index contributed by atoms with van der Waals surface area (Å²) in [7, 11) is -1.20. The number of carbonyl (C=O) groups excluding carboxylic acids is 1. The number of anilines is 1. The van der Waals surface area contributed by atoms with Crippen LogP contribution in [0.15, 0.2) is 30.5 Å². The molecule has 9 heteroatoms. The third-order valence-electron chi connectivity index (χ3n) is 5.74. The fraction of sp³-hybridized carbons (Fsp3) is 0.522. The van der Waals surface area contributed by atoms with Gasteiger partial charge in [-0.3, -0.25) is 4.79 Å². The fourth-order valence-electron chi connectivity index (χ4n) is 3.80. The van der Waals surface area contributed by atoms with Crippen molar-refractivity contribution in [2.45, 2.75) is 64.6 Å². The number of ether oxygens (including phenoxy) is 1. The van der Waals surface area contributed by atoms with Gasteiger partial charge in [0.25, 0.3) is 0 Å². The lowest BCUT2D eigenvalue weighted by Crippen LogP contribution is -2.27. The third-order valence-corrected chi connectivity index (χ3v) is 7.45. The highest BCUT2D eigenvalue weighted by atomic mass is 28.3. The number of carboxylic acid groups (broad SMARTS) is 1. The molecule has 0 fully saturated rings.